The zero-order valence-electron chi connectivity index (χ0n) is 31.0. The van der Waals surface area contributed by atoms with Crippen LogP contribution in [0.1, 0.15) is 52.7 Å². The Morgan fingerprint density at radius 2 is 1.47 bits per heavy atom. The molecule has 0 aliphatic carbocycles. The van der Waals surface area contributed by atoms with Gasteiger partial charge in [-0.05, 0) is 71.0 Å². The first kappa shape index (κ1) is 40.3. The summed E-state index contributed by atoms with van der Waals surface area (Å²) in [7, 11) is -3.97. The first-order valence-electron chi connectivity index (χ1n) is 18.4. The van der Waals surface area contributed by atoms with E-state index in [9.17, 15) is 23.4 Å². The summed E-state index contributed by atoms with van der Waals surface area (Å²) >= 11 is 1.65. The Morgan fingerprint density at radius 3 is 2.18 bits per heavy atom. The summed E-state index contributed by atoms with van der Waals surface area (Å²) in [5.41, 5.74) is 7.20. The lowest BCUT2D eigenvalue weighted by atomic mass is 9.91. The van der Waals surface area contributed by atoms with E-state index in [0.717, 1.165) is 44.5 Å². The Labute approximate surface area is 328 Å². The second kappa shape index (κ2) is 19.0. The molecule has 0 saturated carbocycles. The van der Waals surface area contributed by atoms with Crippen molar-refractivity contribution >= 4 is 27.7 Å². The van der Waals surface area contributed by atoms with Crippen LogP contribution in [0.2, 0.25) is 0 Å². The largest absolute Gasteiger partial charge is 0.396 e. The molecule has 4 N–H and O–H groups in total. The van der Waals surface area contributed by atoms with Gasteiger partial charge in [-0.15, -0.1) is 0 Å². The van der Waals surface area contributed by atoms with Gasteiger partial charge in [0.1, 0.15) is 6.04 Å². The minimum Gasteiger partial charge on any atom is -0.396 e. The minimum absolute atomic E-state index is 0.0290. The maximum Gasteiger partial charge on any atom is 0.241 e. The van der Waals surface area contributed by atoms with E-state index in [2.05, 4.69) is 23.0 Å². The van der Waals surface area contributed by atoms with Gasteiger partial charge in [0.05, 0.1) is 30.3 Å². The zero-order chi connectivity index (χ0) is 38.8. The van der Waals surface area contributed by atoms with Crippen molar-refractivity contribution in [2.24, 2.45) is 5.92 Å². The van der Waals surface area contributed by atoms with Gasteiger partial charge in [0, 0.05) is 29.5 Å². The molecule has 5 aromatic rings. The van der Waals surface area contributed by atoms with Gasteiger partial charge in [0.2, 0.25) is 15.9 Å². The summed E-state index contributed by atoms with van der Waals surface area (Å²) in [4.78, 5) is 13.8. The summed E-state index contributed by atoms with van der Waals surface area (Å²) in [6.45, 7) is 4.27. The van der Waals surface area contributed by atoms with Crippen LogP contribution in [0.3, 0.4) is 0 Å². The summed E-state index contributed by atoms with van der Waals surface area (Å²) in [5, 5.41) is 21.9. The molecule has 288 valence electrons. The van der Waals surface area contributed by atoms with Crippen molar-refractivity contribution in [2.45, 2.75) is 62.9 Å². The molecule has 55 heavy (non-hydrogen) atoms. The molecule has 1 fully saturated rings. The Hall–Kier alpha value is -4.33. The third kappa shape index (κ3) is 10.7. The highest BCUT2D eigenvalue weighted by molar-refractivity contribution is 7.99. The second-order valence-corrected chi connectivity index (χ2v) is 16.7. The molecule has 5 aromatic carbocycles. The van der Waals surface area contributed by atoms with Crippen molar-refractivity contribution in [3.63, 3.8) is 0 Å². The van der Waals surface area contributed by atoms with Crippen molar-refractivity contribution in [3.8, 4) is 11.1 Å². The van der Waals surface area contributed by atoms with E-state index in [4.69, 9.17) is 9.47 Å². The smallest absolute Gasteiger partial charge is 0.241 e. The lowest BCUT2D eigenvalue weighted by Crippen LogP contribution is -2.47. The van der Waals surface area contributed by atoms with E-state index in [-0.39, 0.29) is 49.2 Å². The Morgan fingerprint density at radius 1 is 0.782 bits per heavy atom. The average Bonchev–Trinajstić information content (AvgIpc) is 3.21. The van der Waals surface area contributed by atoms with E-state index in [1.54, 1.807) is 23.9 Å². The maximum atomic E-state index is 13.7. The molecule has 1 saturated heterocycles. The Bertz CT molecular complexity index is 2110. The van der Waals surface area contributed by atoms with Crippen LogP contribution >= 0.6 is 11.8 Å². The first-order chi connectivity index (χ1) is 26.6. The van der Waals surface area contributed by atoms with Gasteiger partial charge in [-0.1, -0.05) is 116 Å². The highest BCUT2D eigenvalue weighted by Crippen LogP contribution is 2.43. The fourth-order valence-corrected chi connectivity index (χ4v) is 8.73. The fourth-order valence-electron chi connectivity index (χ4n) is 6.62. The molecule has 1 aliphatic rings. The van der Waals surface area contributed by atoms with E-state index < -0.39 is 28.3 Å². The number of hydrogen-bond acceptors (Lipinski definition) is 8. The molecule has 9 nitrogen and oxygen atoms in total. The molecule has 1 aliphatic heterocycles. The number of benzene rings is 5. The number of nitrogens with one attached hydrogen (secondary N) is 2. The molecule has 6 rings (SSSR count). The molecule has 5 atom stereocenters. The monoisotopic (exact) mass is 780 g/mol. The highest BCUT2D eigenvalue weighted by Gasteiger charge is 2.38. The van der Waals surface area contributed by atoms with Crippen LogP contribution in [-0.4, -0.2) is 54.8 Å². The predicted molar refractivity (Wildman–Crippen MR) is 217 cm³/mol. The van der Waals surface area contributed by atoms with Crippen LogP contribution in [0.15, 0.2) is 132 Å². The van der Waals surface area contributed by atoms with Crippen molar-refractivity contribution in [2.75, 3.05) is 18.1 Å². The van der Waals surface area contributed by atoms with Crippen LogP contribution in [0, 0.1) is 12.8 Å². The van der Waals surface area contributed by atoms with Gasteiger partial charge in [0.15, 0.2) is 6.29 Å². The van der Waals surface area contributed by atoms with Crippen molar-refractivity contribution < 1.29 is 32.9 Å². The third-order valence-electron chi connectivity index (χ3n) is 9.75. The molecular weight excluding hydrogens is 733 g/mol. The molecular formula is C44H48N2O7S2. The SMILES string of the molecule is Cc1ccc(S(=O)(=O)NC(Cc2ccccc2)C(=O)NCc2cccc(-c3cccc(C4OC(CSCCO)C(C)C(c5ccc(CO)cc5)O4)c3)c2)cc1. The fraction of sp³-hybridized carbons (Fsp3) is 0.295. The van der Waals surface area contributed by atoms with Crippen LogP contribution in [-0.2, 0) is 43.9 Å². The molecule has 11 heteroatoms. The van der Waals surface area contributed by atoms with Crippen LogP contribution in [0.4, 0.5) is 0 Å². The predicted octanol–water partition coefficient (Wildman–Crippen LogP) is 6.88. The zero-order valence-corrected chi connectivity index (χ0v) is 32.6. The van der Waals surface area contributed by atoms with Crippen LogP contribution in [0.25, 0.3) is 11.1 Å². The number of sulfonamides is 1. The van der Waals surface area contributed by atoms with Gasteiger partial charge in [-0.3, -0.25) is 4.79 Å². The Kier molecular flexibility index (Phi) is 13.9. The van der Waals surface area contributed by atoms with Gasteiger partial charge in [-0.25, -0.2) is 8.42 Å². The number of carbonyl (C=O) groups excluding carboxylic acids is 1. The van der Waals surface area contributed by atoms with E-state index >= 15 is 0 Å². The van der Waals surface area contributed by atoms with Crippen LogP contribution in [0.5, 0.6) is 0 Å². The lowest BCUT2D eigenvalue weighted by molar-refractivity contribution is -0.268. The summed E-state index contributed by atoms with van der Waals surface area (Å²) in [6.07, 6.45) is -0.815. The third-order valence-corrected chi connectivity index (χ3v) is 12.3. The highest BCUT2D eigenvalue weighted by atomic mass is 32.2. The number of amides is 1. The molecule has 0 aromatic heterocycles. The normalized spacial score (nSPS) is 19.1. The van der Waals surface area contributed by atoms with Crippen molar-refractivity contribution in [1.29, 1.82) is 0 Å². The van der Waals surface area contributed by atoms with Crippen molar-refractivity contribution in [1.82, 2.24) is 10.0 Å². The Balaban J connectivity index is 1.18. The first-order valence-corrected chi connectivity index (χ1v) is 21.1. The summed E-state index contributed by atoms with van der Waals surface area (Å²) < 4.78 is 42.6. The van der Waals surface area contributed by atoms with E-state index in [0.29, 0.717) is 11.5 Å². The molecule has 0 spiro atoms. The number of aliphatic hydroxyl groups excluding tert-OH is 2. The number of thioether (sulfide) groups is 1. The van der Waals surface area contributed by atoms with Crippen LogP contribution < -0.4 is 10.0 Å². The number of carbonyl (C=O) groups is 1. The van der Waals surface area contributed by atoms with Gasteiger partial charge in [0.25, 0.3) is 0 Å². The number of ether oxygens (including phenoxy) is 2. The number of aryl methyl sites for hydroxylation is 1. The molecule has 0 radical (unpaired) electrons. The number of hydrogen-bond donors (Lipinski definition) is 4. The van der Waals surface area contributed by atoms with E-state index in [1.807, 2.05) is 104 Å². The second-order valence-electron chi connectivity index (χ2n) is 13.8. The van der Waals surface area contributed by atoms with E-state index in [1.165, 1.54) is 12.1 Å². The quantitative estimate of drug-likeness (QED) is 0.0798. The maximum absolute atomic E-state index is 13.7. The molecule has 0 bridgehead atoms. The standard InChI is InChI=1S/C44H48N2O7S2/c1-30-14-20-39(21-15-30)55(50,51)46-40(25-32-8-4-3-5-9-32)43(49)45-27-34-10-6-11-36(24-34)37-12-7-13-38(26-37)44-52-41(29-54-23-22-47)31(2)42(53-44)35-18-16-33(28-48)17-19-35/h3-21,24,26,31,40-42,44,46-48H,22-23,25,27-29H2,1-2H3,(H,45,49). The average molecular weight is 781 g/mol. The molecule has 5 unspecified atom stereocenters. The summed E-state index contributed by atoms with van der Waals surface area (Å²) in [6, 6.07) is 38.5. The number of rotatable bonds is 16. The lowest BCUT2D eigenvalue weighted by Gasteiger charge is -2.41. The topological polar surface area (TPSA) is 134 Å². The van der Waals surface area contributed by atoms with Gasteiger partial charge < -0.3 is 25.0 Å². The number of aliphatic hydroxyl groups is 2. The molecule has 1 amide bonds. The summed E-state index contributed by atoms with van der Waals surface area (Å²) in [5.74, 6) is 0.944. The molecule has 1 heterocycles. The van der Waals surface area contributed by atoms with Gasteiger partial charge in [-0.2, -0.15) is 16.5 Å². The van der Waals surface area contributed by atoms with Gasteiger partial charge >= 0.3 is 0 Å². The minimum atomic E-state index is -3.97. The van der Waals surface area contributed by atoms with Crippen molar-refractivity contribution in [3.05, 3.63) is 161 Å².